The smallest absolute Gasteiger partial charge is 0.0993 e. The molecule has 0 saturated carbocycles. The van der Waals surface area contributed by atoms with Crippen molar-refractivity contribution in [3.63, 3.8) is 0 Å². The monoisotopic (exact) mass is 250 g/mol. The molecule has 0 N–H and O–H groups in total. The van der Waals surface area contributed by atoms with Crippen molar-refractivity contribution < 1.29 is 4.74 Å². The highest BCUT2D eigenvalue weighted by atomic mass is 35.5. The van der Waals surface area contributed by atoms with Crippen molar-refractivity contribution in [2.45, 2.75) is 33.1 Å². The first-order valence-corrected chi connectivity index (χ1v) is 6.41. The summed E-state index contributed by atoms with van der Waals surface area (Å²) < 4.78 is 5.53. The van der Waals surface area contributed by atoms with Gasteiger partial charge in [-0.1, -0.05) is 37.6 Å². The molecule has 0 radical (unpaired) electrons. The number of rotatable bonds is 2. The van der Waals surface area contributed by atoms with Crippen LogP contribution in [0.15, 0.2) is 30.0 Å². The van der Waals surface area contributed by atoms with Crippen LogP contribution in [0.4, 0.5) is 0 Å². The highest BCUT2D eigenvalue weighted by molar-refractivity contribution is 6.30. The predicted octanol–water partition coefficient (Wildman–Crippen LogP) is 4.91. The van der Waals surface area contributed by atoms with Crippen LogP contribution in [-0.2, 0) is 4.74 Å². The summed E-state index contributed by atoms with van der Waals surface area (Å²) >= 11 is 5.93. The molecular weight excluding hydrogens is 232 g/mol. The van der Waals surface area contributed by atoms with E-state index in [0.29, 0.717) is 5.41 Å². The zero-order chi connectivity index (χ0) is 12.5. The number of halogens is 1. The van der Waals surface area contributed by atoms with Crippen molar-refractivity contribution in [1.29, 1.82) is 0 Å². The molecule has 1 aliphatic rings. The van der Waals surface area contributed by atoms with Gasteiger partial charge in [0.1, 0.15) is 0 Å². The fourth-order valence-corrected chi connectivity index (χ4v) is 2.53. The molecule has 0 aliphatic heterocycles. The molecule has 1 aliphatic carbocycles. The lowest BCUT2D eigenvalue weighted by atomic mass is 9.75. The second kappa shape index (κ2) is 4.73. The fourth-order valence-electron chi connectivity index (χ4n) is 2.41. The van der Waals surface area contributed by atoms with Crippen LogP contribution in [0.25, 0.3) is 5.57 Å². The summed E-state index contributed by atoms with van der Waals surface area (Å²) in [5, 5.41) is 0.781. The van der Waals surface area contributed by atoms with Gasteiger partial charge in [-0.3, -0.25) is 0 Å². The second-order valence-electron chi connectivity index (χ2n) is 5.45. The van der Waals surface area contributed by atoms with E-state index in [0.717, 1.165) is 23.6 Å². The van der Waals surface area contributed by atoms with Crippen molar-refractivity contribution >= 4 is 17.2 Å². The molecule has 0 fully saturated rings. The van der Waals surface area contributed by atoms with E-state index in [9.17, 15) is 0 Å². The third-order valence-electron chi connectivity index (χ3n) is 3.46. The molecule has 0 spiro atoms. The average Bonchev–Trinajstić information content (AvgIpc) is 2.29. The van der Waals surface area contributed by atoms with Gasteiger partial charge in [0.15, 0.2) is 0 Å². The minimum Gasteiger partial charge on any atom is -0.501 e. The van der Waals surface area contributed by atoms with E-state index in [2.05, 4.69) is 26.0 Å². The molecule has 2 rings (SSSR count). The molecule has 1 aromatic rings. The molecule has 0 saturated heterocycles. The van der Waals surface area contributed by atoms with Crippen LogP contribution in [0.5, 0.6) is 0 Å². The standard InChI is InChI=1S/C15H19ClO/c1-15(2)9-8-14(17-3)13(10-15)11-4-6-12(16)7-5-11/h4-7H,8-10H2,1-3H3. The van der Waals surface area contributed by atoms with Crippen LogP contribution in [0, 0.1) is 5.41 Å². The lowest BCUT2D eigenvalue weighted by Crippen LogP contribution is -2.18. The third-order valence-corrected chi connectivity index (χ3v) is 3.71. The first kappa shape index (κ1) is 12.5. The van der Waals surface area contributed by atoms with Gasteiger partial charge in [0, 0.05) is 11.4 Å². The molecule has 0 unspecified atom stereocenters. The van der Waals surface area contributed by atoms with Crippen molar-refractivity contribution in [3.05, 3.63) is 40.6 Å². The summed E-state index contributed by atoms with van der Waals surface area (Å²) in [7, 11) is 1.77. The Morgan fingerprint density at radius 2 is 1.82 bits per heavy atom. The predicted molar refractivity (Wildman–Crippen MR) is 73.0 cm³/mol. The molecule has 17 heavy (non-hydrogen) atoms. The molecule has 0 amide bonds. The molecule has 0 bridgehead atoms. The van der Waals surface area contributed by atoms with Crippen molar-refractivity contribution in [3.8, 4) is 0 Å². The number of methoxy groups -OCH3 is 1. The van der Waals surface area contributed by atoms with Gasteiger partial charge in [0.25, 0.3) is 0 Å². The Morgan fingerprint density at radius 3 is 2.41 bits per heavy atom. The Kier molecular flexibility index (Phi) is 3.48. The van der Waals surface area contributed by atoms with Gasteiger partial charge in [0.05, 0.1) is 12.9 Å². The molecule has 1 aromatic carbocycles. The molecular formula is C15H19ClO. The number of ether oxygens (including phenoxy) is 1. The minimum atomic E-state index is 0.358. The van der Waals surface area contributed by atoms with E-state index < -0.39 is 0 Å². The van der Waals surface area contributed by atoms with E-state index in [-0.39, 0.29) is 0 Å². The first-order valence-electron chi connectivity index (χ1n) is 6.04. The summed E-state index contributed by atoms with van der Waals surface area (Å²) in [5.41, 5.74) is 2.93. The fraction of sp³-hybridized carbons (Fsp3) is 0.467. The summed E-state index contributed by atoms with van der Waals surface area (Å²) in [6, 6.07) is 8.05. The number of benzene rings is 1. The molecule has 0 aromatic heterocycles. The molecule has 2 heteroatoms. The van der Waals surface area contributed by atoms with Crippen LogP contribution < -0.4 is 0 Å². The van der Waals surface area contributed by atoms with E-state index in [4.69, 9.17) is 16.3 Å². The van der Waals surface area contributed by atoms with Crippen molar-refractivity contribution in [2.24, 2.45) is 5.41 Å². The van der Waals surface area contributed by atoms with Gasteiger partial charge < -0.3 is 4.74 Å². The maximum atomic E-state index is 5.93. The normalized spacial score (nSPS) is 19.3. The molecule has 92 valence electrons. The van der Waals surface area contributed by atoms with Crippen LogP contribution in [0.3, 0.4) is 0 Å². The van der Waals surface area contributed by atoms with Crippen molar-refractivity contribution in [2.75, 3.05) is 7.11 Å². The van der Waals surface area contributed by atoms with Gasteiger partial charge in [-0.05, 0) is 41.5 Å². The van der Waals surface area contributed by atoms with Crippen LogP contribution in [0.2, 0.25) is 5.02 Å². The molecule has 0 atom stereocenters. The third kappa shape index (κ3) is 2.84. The summed E-state index contributed by atoms with van der Waals surface area (Å²) in [6.07, 6.45) is 3.28. The Morgan fingerprint density at radius 1 is 1.18 bits per heavy atom. The quantitative estimate of drug-likeness (QED) is 0.725. The maximum absolute atomic E-state index is 5.93. The Balaban J connectivity index is 2.39. The van der Waals surface area contributed by atoms with E-state index >= 15 is 0 Å². The van der Waals surface area contributed by atoms with Crippen LogP contribution in [0.1, 0.15) is 38.7 Å². The topological polar surface area (TPSA) is 9.23 Å². The Hall–Kier alpha value is -0.950. The summed E-state index contributed by atoms with van der Waals surface area (Å²) in [4.78, 5) is 0. The number of hydrogen-bond donors (Lipinski definition) is 0. The maximum Gasteiger partial charge on any atom is 0.0993 e. The number of hydrogen-bond acceptors (Lipinski definition) is 1. The van der Waals surface area contributed by atoms with Gasteiger partial charge in [0.2, 0.25) is 0 Å². The lowest BCUT2D eigenvalue weighted by molar-refractivity contribution is 0.231. The van der Waals surface area contributed by atoms with Gasteiger partial charge in [-0.2, -0.15) is 0 Å². The first-order chi connectivity index (χ1) is 8.02. The zero-order valence-electron chi connectivity index (χ0n) is 10.7. The number of allylic oxidation sites excluding steroid dienone is 2. The minimum absolute atomic E-state index is 0.358. The Bertz CT molecular complexity index is 429. The van der Waals surface area contributed by atoms with Gasteiger partial charge in [-0.15, -0.1) is 0 Å². The Labute approximate surface area is 108 Å². The summed E-state index contributed by atoms with van der Waals surface area (Å²) in [6.45, 7) is 4.63. The second-order valence-corrected chi connectivity index (χ2v) is 5.89. The van der Waals surface area contributed by atoms with Crippen LogP contribution in [-0.4, -0.2) is 7.11 Å². The molecule has 0 heterocycles. The van der Waals surface area contributed by atoms with E-state index in [1.807, 2.05) is 12.1 Å². The zero-order valence-corrected chi connectivity index (χ0v) is 11.5. The van der Waals surface area contributed by atoms with Gasteiger partial charge in [-0.25, -0.2) is 0 Å². The highest BCUT2D eigenvalue weighted by Crippen LogP contribution is 2.43. The largest absolute Gasteiger partial charge is 0.501 e. The van der Waals surface area contributed by atoms with Crippen molar-refractivity contribution in [1.82, 2.24) is 0 Å². The molecule has 1 nitrogen and oxygen atoms in total. The SMILES string of the molecule is COC1=C(c2ccc(Cl)cc2)CC(C)(C)CC1. The van der Waals surface area contributed by atoms with Crippen LogP contribution >= 0.6 is 11.6 Å². The highest BCUT2D eigenvalue weighted by Gasteiger charge is 2.28. The van der Waals surface area contributed by atoms with E-state index in [1.54, 1.807) is 7.11 Å². The van der Waals surface area contributed by atoms with Gasteiger partial charge >= 0.3 is 0 Å². The summed E-state index contributed by atoms with van der Waals surface area (Å²) in [5.74, 6) is 1.13. The van der Waals surface area contributed by atoms with E-state index in [1.165, 1.54) is 17.6 Å². The lowest BCUT2D eigenvalue weighted by Gasteiger charge is -2.32. The average molecular weight is 251 g/mol.